The minimum Gasteiger partial charge on any atom is -0.361 e. The molecule has 2 aromatic carbocycles. The van der Waals surface area contributed by atoms with Gasteiger partial charge in [-0.05, 0) is 35.4 Å². The lowest BCUT2D eigenvalue weighted by Gasteiger charge is -2.39. The summed E-state index contributed by atoms with van der Waals surface area (Å²) in [6.45, 7) is 0.0773. The molecular weight excluding hydrogens is 321 g/mol. The van der Waals surface area contributed by atoms with Gasteiger partial charge in [-0.1, -0.05) is 47.5 Å². The van der Waals surface area contributed by atoms with E-state index in [0.717, 1.165) is 11.1 Å². The molecule has 0 N–H and O–H groups in total. The van der Waals surface area contributed by atoms with Crippen molar-refractivity contribution in [3.63, 3.8) is 0 Å². The van der Waals surface area contributed by atoms with Crippen LogP contribution in [0.5, 0.6) is 0 Å². The number of likely N-dealkylation sites (N-methyl/N-ethyl adjacent to an activating group) is 1. The summed E-state index contributed by atoms with van der Waals surface area (Å²) in [7, 11) is 1.80. The molecule has 0 bridgehead atoms. The monoisotopic (exact) mass is 335 g/mol. The molecule has 1 aliphatic heterocycles. The van der Waals surface area contributed by atoms with Crippen LogP contribution in [0.2, 0.25) is 10.0 Å². The van der Waals surface area contributed by atoms with Gasteiger partial charge in [0, 0.05) is 17.1 Å². The first kappa shape index (κ1) is 15.3. The third kappa shape index (κ3) is 2.98. The first-order chi connectivity index (χ1) is 10.6. The number of carbonyl (C=O) groups excluding carboxylic acids is 1. The van der Waals surface area contributed by atoms with Crippen LogP contribution in [0.4, 0.5) is 0 Å². The van der Waals surface area contributed by atoms with Crippen molar-refractivity contribution in [1.29, 1.82) is 0 Å². The fourth-order valence-electron chi connectivity index (χ4n) is 2.70. The topological polar surface area (TPSA) is 29.5 Å². The SMILES string of the molecule is CN1C(=O)CO[C@H](c2ccc(Cl)cc2)[C@H]1c1ccc(Cl)cc1. The van der Waals surface area contributed by atoms with Crippen molar-refractivity contribution in [3.05, 3.63) is 69.7 Å². The molecule has 1 heterocycles. The van der Waals surface area contributed by atoms with Gasteiger partial charge in [-0.2, -0.15) is 0 Å². The van der Waals surface area contributed by atoms with Crippen LogP contribution in [0, 0.1) is 0 Å². The molecule has 1 amide bonds. The highest BCUT2D eigenvalue weighted by Crippen LogP contribution is 2.39. The zero-order valence-electron chi connectivity index (χ0n) is 12.0. The molecule has 0 unspecified atom stereocenters. The molecule has 2 aromatic rings. The fraction of sp³-hybridized carbons (Fsp3) is 0.235. The molecule has 0 radical (unpaired) electrons. The third-order valence-electron chi connectivity index (χ3n) is 3.89. The van der Waals surface area contributed by atoms with E-state index in [1.807, 2.05) is 48.5 Å². The predicted octanol–water partition coefficient (Wildman–Crippen LogP) is 4.26. The summed E-state index contributed by atoms with van der Waals surface area (Å²) >= 11 is 11.9. The third-order valence-corrected chi connectivity index (χ3v) is 4.40. The molecule has 1 saturated heterocycles. The number of morpholine rings is 1. The maximum Gasteiger partial charge on any atom is 0.248 e. The maximum atomic E-state index is 12.0. The minimum atomic E-state index is -0.235. The van der Waals surface area contributed by atoms with Crippen molar-refractivity contribution >= 4 is 29.1 Å². The van der Waals surface area contributed by atoms with Gasteiger partial charge in [0.05, 0.1) is 6.04 Å². The Balaban J connectivity index is 2.00. The van der Waals surface area contributed by atoms with E-state index in [2.05, 4.69) is 0 Å². The Labute approximate surface area is 139 Å². The van der Waals surface area contributed by atoms with E-state index >= 15 is 0 Å². The minimum absolute atomic E-state index is 0.0369. The van der Waals surface area contributed by atoms with Crippen LogP contribution in [-0.2, 0) is 9.53 Å². The van der Waals surface area contributed by atoms with Crippen LogP contribution in [-0.4, -0.2) is 24.5 Å². The van der Waals surface area contributed by atoms with Crippen molar-refractivity contribution in [2.24, 2.45) is 0 Å². The Kier molecular flexibility index (Phi) is 4.39. The highest BCUT2D eigenvalue weighted by Gasteiger charge is 2.36. The summed E-state index contributed by atoms with van der Waals surface area (Å²) in [5, 5.41) is 1.34. The van der Waals surface area contributed by atoms with E-state index in [1.165, 1.54) is 0 Å². The summed E-state index contributed by atoms with van der Waals surface area (Å²) in [5.74, 6) is -0.0369. The lowest BCUT2D eigenvalue weighted by atomic mass is 9.93. The van der Waals surface area contributed by atoms with E-state index < -0.39 is 0 Å². The summed E-state index contributed by atoms with van der Waals surface area (Å²) in [5.41, 5.74) is 1.98. The lowest BCUT2D eigenvalue weighted by molar-refractivity contribution is -0.155. The van der Waals surface area contributed by atoms with Gasteiger partial charge in [0.1, 0.15) is 12.7 Å². The highest BCUT2D eigenvalue weighted by molar-refractivity contribution is 6.30. The number of hydrogen-bond acceptors (Lipinski definition) is 2. The zero-order valence-corrected chi connectivity index (χ0v) is 13.5. The van der Waals surface area contributed by atoms with Crippen molar-refractivity contribution < 1.29 is 9.53 Å². The van der Waals surface area contributed by atoms with Crippen LogP contribution in [0.15, 0.2) is 48.5 Å². The number of carbonyl (C=O) groups is 1. The van der Waals surface area contributed by atoms with E-state index in [4.69, 9.17) is 27.9 Å². The molecular formula is C17H15Cl2NO2. The Morgan fingerprint density at radius 1 is 0.955 bits per heavy atom. The zero-order chi connectivity index (χ0) is 15.7. The van der Waals surface area contributed by atoms with Gasteiger partial charge in [-0.25, -0.2) is 0 Å². The van der Waals surface area contributed by atoms with E-state index in [0.29, 0.717) is 10.0 Å². The molecule has 3 nitrogen and oxygen atoms in total. The van der Waals surface area contributed by atoms with E-state index in [9.17, 15) is 4.79 Å². The fourth-order valence-corrected chi connectivity index (χ4v) is 2.95. The number of halogens is 2. The normalized spacial score (nSPS) is 22.0. The Morgan fingerprint density at radius 3 is 2.00 bits per heavy atom. The van der Waals surface area contributed by atoms with Gasteiger partial charge in [0.2, 0.25) is 5.91 Å². The quantitative estimate of drug-likeness (QED) is 0.820. The lowest BCUT2D eigenvalue weighted by Crippen LogP contribution is -2.43. The van der Waals surface area contributed by atoms with E-state index in [1.54, 1.807) is 11.9 Å². The van der Waals surface area contributed by atoms with Crippen molar-refractivity contribution in [3.8, 4) is 0 Å². The van der Waals surface area contributed by atoms with Gasteiger partial charge in [-0.15, -0.1) is 0 Å². The molecule has 0 spiro atoms. The largest absolute Gasteiger partial charge is 0.361 e. The van der Waals surface area contributed by atoms with Crippen molar-refractivity contribution in [1.82, 2.24) is 4.90 Å². The summed E-state index contributed by atoms with van der Waals surface area (Å²) in [6.07, 6.45) is -0.235. The highest BCUT2D eigenvalue weighted by atomic mass is 35.5. The molecule has 22 heavy (non-hydrogen) atoms. The number of ether oxygens (including phenoxy) is 1. The number of rotatable bonds is 2. The average molecular weight is 336 g/mol. The van der Waals surface area contributed by atoms with Gasteiger partial charge in [0.25, 0.3) is 0 Å². The van der Waals surface area contributed by atoms with Crippen LogP contribution in [0.3, 0.4) is 0 Å². The number of amides is 1. The number of benzene rings is 2. The van der Waals surface area contributed by atoms with Gasteiger partial charge < -0.3 is 9.64 Å². The molecule has 2 atom stereocenters. The van der Waals surface area contributed by atoms with Crippen LogP contribution in [0.25, 0.3) is 0 Å². The molecule has 0 aliphatic carbocycles. The van der Waals surface area contributed by atoms with Crippen LogP contribution in [0.1, 0.15) is 23.3 Å². The van der Waals surface area contributed by atoms with E-state index in [-0.39, 0.29) is 24.7 Å². The Bertz CT molecular complexity index is 670. The second-order valence-electron chi connectivity index (χ2n) is 5.28. The summed E-state index contributed by atoms with van der Waals surface area (Å²) < 4.78 is 5.82. The second-order valence-corrected chi connectivity index (χ2v) is 6.16. The molecule has 3 rings (SSSR count). The second kappa shape index (κ2) is 6.29. The van der Waals surface area contributed by atoms with Gasteiger partial charge in [-0.3, -0.25) is 4.79 Å². The van der Waals surface area contributed by atoms with Crippen LogP contribution < -0.4 is 0 Å². The Hall–Kier alpha value is -1.55. The summed E-state index contributed by atoms with van der Waals surface area (Å²) in [4.78, 5) is 13.8. The molecule has 0 aromatic heterocycles. The van der Waals surface area contributed by atoms with Crippen LogP contribution >= 0.6 is 23.2 Å². The molecule has 1 aliphatic rings. The maximum absolute atomic E-state index is 12.0. The number of nitrogens with zero attached hydrogens (tertiary/aromatic N) is 1. The van der Waals surface area contributed by atoms with Gasteiger partial charge in [0.15, 0.2) is 0 Å². The molecule has 0 saturated carbocycles. The summed E-state index contributed by atoms with van der Waals surface area (Å²) in [6, 6.07) is 14.8. The average Bonchev–Trinajstić information content (AvgIpc) is 2.52. The molecule has 1 fully saturated rings. The molecule has 114 valence electrons. The standard InChI is InChI=1S/C17H15Cl2NO2/c1-20-15(21)10-22-17(12-4-8-14(19)9-5-12)16(20)11-2-6-13(18)7-3-11/h2-9,16-17H,10H2,1H3/t16-,17-/m1/s1. The number of hydrogen-bond donors (Lipinski definition) is 0. The first-order valence-corrected chi connectivity index (χ1v) is 7.70. The van der Waals surface area contributed by atoms with Crippen molar-refractivity contribution in [2.45, 2.75) is 12.1 Å². The molecule has 5 heteroatoms. The first-order valence-electron chi connectivity index (χ1n) is 6.94. The smallest absolute Gasteiger partial charge is 0.248 e. The Morgan fingerprint density at radius 2 is 1.45 bits per heavy atom. The van der Waals surface area contributed by atoms with Gasteiger partial charge >= 0.3 is 0 Å². The predicted molar refractivity (Wildman–Crippen MR) is 87.1 cm³/mol. The van der Waals surface area contributed by atoms with Crippen molar-refractivity contribution in [2.75, 3.05) is 13.7 Å².